The lowest BCUT2D eigenvalue weighted by atomic mass is 10.3. The largest absolute Gasteiger partial charge is 0.457 e. The number of benzene rings is 2. The Hall–Kier alpha value is -1.78. The molecule has 2 rings (SSSR count). The van der Waals surface area contributed by atoms with Crippen molar-refractivity contribution < 1.29 is 4.74 Å². The second kappa shape index (κ2) is 5.71. The van der Waals surface area contributed by atoms with E-state index in [1.807, 2.05) is 36.4 Å². The van der Waals surface area contributed by atoms with Crippen molar-refractivity contribution in [2.45, 2.75) is 0 Å². The van der Waals surface area contributed by atoms with Crippen LogP contribution in [0.1, 0.15) is 0 Å². The first kappa shape index (κ1) is 12.7. The Balaban J connectivity index is 2.06. The second-order valence-electron chi connectivity index (χ2n) is 3.57. The van der Waals surface area contributed by atoms with Gasteiger partial charge in [-0.1, -0.05) is 11.6 Å². The number of halogens is 1. The molecule has 0 fully saturated rings. The summed E-state index contributed by atoms with van der Waals surface area (Å²) >= 11 is 10.5. The van der Waals surface area contributed by atoms with Gasteiger partial charge in [0, 0.05) is 10.7 Å². The standard InChI is InChI=1S/C13H11ClN2OS/c14-9-1-5-11(6-2-9)17-12-7-3-10(4-8-12)16-13(15)18/h1-8H,(H3,15,16,18). The van der Waals surface area contributed by atoms with Crippen LogP contribution in [0, 0.1) is 0 Å². The molecule has 0 aliphatic rings. The van der Waals surface area contributed by atoms with Crippen LogP contribution in [0.5, 0.6) is 11.5 Å². The summed E-state index contributed by atoms with van der Waals surface area (Å²) in [6.07, 6.45) is 0. The molecule has 92 valence electrons. The normalized spacial score (nSPS) is 9.83. The van der Waals surface area contributed by atoms with Crippen molar-refractivity contribution in [2.24, 2.45) is 5.73 Å². The van der Waals surface area contributed by atoms with Gasteiger partial charge in [-0.2, -0.15) is 0 Å². The highest BCUT2D eigenvalue weighted by Gasteiger charge is 1.98. The van der Waals surface area contributed by atoms with E-state index in [9.17, 15) is 0 Å². The summed E-state index contributed by atoms with van der Waals surface area (Å²) in [5, 5.41) is 3.76. The van der Waals surface area contributed by atoms with Gasteiger partial charge in [0.2, 0.25) is 0 Å². The van der Waals surface area contributed by atoms with Crippen molar-refractivity contribution in [2.75, 3.05) is 5.32 Å². The van der Waals surface area contributed by atoms with Crippen LogP contribution in [-0.4, -0.2) is 5.11 Å². The number of anilines is 1. The predicted octanol–water partition coefficient (Wildman–Crippen LogP) is 3.79. The van der Waals surface area contributed by atoms with E-state index in [1.165, 1.54) is 0 Å². The molecule has 0 spiro atoms. The average Bonchev–Trinajstić information content (AvgIpc) is 2.34. The predicted molar refractivity (Wildman–Crippen MR) is 78.4 cm³/mol. The average molecular weight is 279 g/mol. The third-order valence-corrected chi connectivity index (χ3v) is 2.53. The zero-order valence-corrected chi connectivity index (χ0v) is 11.0. The van der Waals surface area contributed by atoms with Gasteiger partial charge < -0.3 is 15.8 Å². The number of ether oxygens (including phenoxy) is 1. The van der Waals surface area contributed by atoms with Crippen molar-refractivity contribution in [3.63, 3.8) is 0 Å². The SMILES string of the molecule is NC(=S)Nc1ccc(Oc2ccc(Cl)cc2)cc1. The number of nitrogens with one attached hydrogen (secondary N) is 1. The minimum Gasteiger partial charge on any atom is -0.457 e. The fourth-order valence-electron chi connectivity index (χ4n) is 1.39. The van der Waals surface area contributed by atoms with Crippen LogP contribution in [0.2, 0.25) is 5.02 Å². The molecule has 18 heavy (non-hydrogen) atoms. The zero-order valence-electron chi connectivity index (χ0n) is 9.39. The maximum absolute atomic E-state index is 5.80. The molecule has 0 bridgehead atoms. The van der Waals surface area contributed by atoms with E-state index in [4.69, 9.17) is 34.3 Å². The molecule has 0 aliphatic heterocycles. The molecule has 0 unspecified atom stereocenters. The van der Waals surface area contributed by atoms with Crippen molar-refractivity contribution in [1.29, 1.82) is 0 Å². The fraction of sp³-hybridized carbons (Fsp3) is 0. The zero-order chi connectivity index (χ0) is 13.0. The number of rotatable bonds is 3. The Kier molecular flexibility index (Phi) is 4.02. The van der Waals surface area contributed by atoms with Crippen LogP contribution >= 0.6 is 23.8 Å². The van der Waals surface area contributed by atoms with E-state index in [-0.39, 0.29) is 5.11 Å². The van der Waals surface area contributed by atoms with Crippen LogP contribution in [0.3, 0.4) is 0 Å². The molecule has 3 N–H and O–H groups in total. The van der Waals surface area contributed by atoms with E-state index >= 15 is 0 Å². The first-order valence-electron chi connectivity index (χ1n) is 5.23. The van der Waals surface area contributed by atoms with Crippen LogP contribution in [0.25, 0.3) is 0 Å². The van der Waals surface area contributed by atoms with Gasteiger partial charge in [0.15, 0.2) is 5.11 Å². The molecule has 0 heterocycles. The quantitative estimate of drug-likeness (QED) is 0.839. The van der Waals surface area contributed by atoms with E-state index in [1.54, 1.807) is 12.1 Å². The minimum absolute atomic E-state index is 0.237. The number of nitrogens with two attached hydrogens (primary N) is 1. The minimum atomic E-state index is 0.237. The van der Waals surface area contributed by atoms with Gasteiger partial charge in [-0.25, -0.2) is 0 Å². The molecule has 0 atom stereocenters. The first-order valence-corrected chi connectivity index (χ1v) is 6.02. The van der Waals surface area contributed by atoms with Crippen LogP contribution < -0.4 is 15.8 Å². The van der Waals surface area contributed by atoms with Gasteiger partial charge in [0.1, 0.15) is 11.5 Å². The van der Waals surface area contributed by atoms with E-state index in [2.05, 4.69) is 5.32 Å². The van der Waals surface area contributed by atoms with Gasteiger partial charge in [-0.15, -0.1) is 0 Å². The van der Waals surface area contributed by atoms with Crippen molar-refractivity contribution in [1.82, 2.24) is 0 Å². The summed E-state index contributed by atoms with van der Waals surface area (Å²) < 4.78 is 5.64. The molecule has 0 saturated heterocycles. The van der Waals surface area contributed by atoms with Gasteiger partial charge in [-0.3, -0.25) is 0 Å². The topological polar surface area (TPSA) is 47.3 Å². The van der Waals surface area contributed by atoms with Crippen molar-refractivity contribution >= 4 is 34.6 Å². The highest BCUT2D eigenvalue weighted by atomic mass is 35.5. The number of hydrogen-bond donors (Lipinski definition) is 2. The lowest BCUT2D eigenvalue weighted by molar-refractivity contribution is 0.483. The Morgan fingerprint density at radius 2 is 1.50 bits per heavy atom. The van der Waals surface area contributed by atoms with Gasteiger partial charge >= 0.3 is 0 Å². The summed E-state index contributed by atoms with van der Waals surface area (Å²) in [4.78, 5) is 0. The summed E-state index contributed by atoms with van der Waals surface area (Å²) in [7, 11) is 0. The lowest BCUT2D eigenvalue weighted by Gasteiger charge is -2.07. The molecule has 0 amide bonds. The molecule has 0 saturated carbocycles. The summed E-state index contributed by atoms with van der Waals surface area (Å²) in [5.41, 5.74) is 6.20. The first-order chi connectivity index (χ1) is 8.63. The van der Waals surface area contributed by atoms with Crippen LogP contribution in [0.15, 0.2) is 48.5 Å². The summed E-state index contributed by atoms with van der Waals surface area (Å²) in [5.74, 6) is 1.46. The fourth-order valence-corrected chi connectivity index (χ4v) is 1.63. The molecule has 3 nitrogen and oxygen atoms in total. The molecule has 2 aromatic carbocycles. The summed E-state index contributed by atoms with van der Waals surface area (Å²) in [6, 6.07) is 14.5. The molecular weight excluding hydrogens is 268 g/mol. The third-order valence-electron chi connectivity index (χ3n) is 2.17. The van der Waals surface area contributed by atoms with Crippen molar-refractivity contribution in [3.8, 4) is 11.5 Å². The highest BCUT2D eigenvalue weighted by molar-refractivity contribution is 7.80. The molecular formula is C13H11ClN2OS. The van der Waals surface area contributed by atoms with Crippen LogP contribution in [0.4, 0.5) is 5.69 Å². The lowest BCUT2D eigenvalue weighted by Crippen LogP contribution is -2.18. The number of thiocarbonyl (C=S) groups is 1. The maximum Gasteiger partial charge on any atom is 0.168 e. The van der Waals surface area contributed by atoms with Gasteiger partial charge in [0.05, 0.1) is 0 Å². The number of hydrogen-bond acceptors (Lipinski definition) is 2. The Morgan fingerprint density at radius 3 is 2.00 bits per heavy atom. The molecule has 5 heteroatoms. The molecule has 2 aromatic rings. The summed E-state index contributed by atoms with van der Waals surface area (Å²) in [6.45, 7) is 0. The highest BCUT2D eigenvalue weighted by Crippen LogP contribution is 2.24. The van der Waals surface area contributed by atoms with E-state index in [0.717, 1.165) is 17.2 Å². The molecule has 0 aliphatic carbocycles. The van der Waals surface area contributed by atoms with Crippen molar-refractivity contribution in [3.05, 3.63) is 53.6 Å². The second-order valence-corrected chi connectivity index (χ2v) is 4.45. The Morgan fingerprint density at radius 1 is 1.00 bits per heavy atom. The Bertz CT molecular complexity index is 540. The smallest absolute Gasteiger partial charge is 0.168 e. The maximum atomic E-state index is 5.80. The van der Waals surface area contributed by atoms with Gasteiger partial charge in [-0.05, 0) is 60.7 Å². The van der Waals surface area contributed by atoms with E-state index < -0.39 is 0 Å². The van der Waals surface area contributed by atoms with Gasteiger partial charge in [0.25, 0.3) is 0 Å². The monoisotopic (exact) mass is 278 g/mol. The Labute approximate surface area is 116 Å². The molecule has 0 aromatic heterocycles. The molecule has 0 radical (unpaired) electrons. The van der Waals surface area contributed by atoms with E-state index in [0.29, 0.717) is 5.02 Å². The van der Waals surface area contributed by atoms with Crippen LogP contribution in [-0.2, 0) is 0 Å². The third kappa shape index (κ3) is 3.61.